The smallest absolute Gasteiger partial charge is 0.334 e. The molecule has 0 saturated heterocycles. The van der Waals surface area contributed by atoms with Crippen molar-refractivity contribution in [1.29, 1.82) is 0 Å². The van der Waals surface area contributed by atoms with E-state index in [2.05, 4.69) is 20.4 Å². The van der Waals surface area contributed by atoms with Gasteiger partial charge in [0, 0.05) is 16.5 Å². The van der Waals surface area contributed by atoms with Crippen LogP contribution in [0.1, 0.15) is 42.5 Å². The van der Waals surface area contributed by atoms with Crippen LogP contribution in [-0.2, 0) is 9.53 Å². The van der Waals surface area contributed by atoms with E-state index in [-0.39, 0.29) is 5.92 Å². The first-order chi connectivity index (χ1) is 15.5. The third kappa shape index (κ3) is 3.07. The Morgan fingerprint density at radius 2 is 1.84 bits per heavy atom. The predicted molar refractivity (Wildman–Crippen MR) is 122 cm³/mol. The molecule has 0 spiro atoms. The number of benzene rings is 2. The Hall–Kier alpha value is -3.93. The first-order valence-corrected chi connectivity index (χ1v) is 10.5. The van der Waals surface area contributed by atoms with Crippen LogP contribution < -0.4 is 4.74 Å². The van der Waals surface area contributed by atoms with Crippen molar-refractivity contribution in [2.75, 3.05) is 7.11 Å². The number of carbonyl (C=O) groups excluding carboxylic acids is 1. The standard InChI is InChI=1S/C26H23N3O3/c1-15(2)23-22-21(16(3)26(30)31-4)19-14-17-10-8-9-13-20(17)27-24(19)32-25(22)29(28-23)18-11-6-5-7-12-18/h5-15,21H,3H2,1-2,4H3/t21-/m0/s1. The summed E-state index contributed by atoms with van der Waals surface area (Å²) in [6.07, 6.45) is 0. The predicted octanol–water partition coefficient (Wildman–Crippen LogP) is 5.51. The normalized spacial score (nSPS) is 14.6. The average molecular weight is 425 g/mol. The molecule has 2 aromatic carbocycles. The van der Waals surface area contributed by atoms with Crippen molar-refractivity contribution in [2.45, 2.75) is 25.7 Å². The van der Waals surface area contributed by atoms with E-state index in [0.29, 0.717) is 17.3 Å². The third-order valence-corrected chi connectivity index (χ3v) is 5.76. The van der Waals surface area contributed by atoms with Crippen molar-refractivity contribution in [3.8, 4) is 17.4 Å². The lowest BCUT2D eigenvalue weighted by molar-refractivity contribution is -0.136. The van der Waals surface area contributed by atoms with Gasteiger partial charge in [-0.2, -0.15) is 5.10 Å². The molecule has 0 N–H and O–H groups in total. The van der Waals surface area contributed by atoms with Gasteiger partial charge in [-0.1, -0.05) is 56.8 Å². The molecule has 1 aliphatic heterocycles. The van der Waals surface area contributed by atoms with Gasteiger partial charge in [0.2, 0.25) is 11.8 Å². The van der Waals surface area contributed by atoms with E-state index in [1.54, 1.807) is 4.68 Å². The van der Waals surface area contributed by atoms with E-state index in [4.69, 9.17) is 19.6 Å². The minimum absolute atomic E-state index is 0.0974. The molecule has 6 nitrogen and oxygen atoms in total. The first kappa shape index (κ1) is 20.0. The molecule has 4 aromatic rings. The molecule has 0 fully saturated rings. The molecule has 0 unspecified atom stereocenters. The van der Waals surface area contributed by atoms with Crippen molar-refractivity contribution in [1.82, 2.24) is 14.8 Å². The van der Waals surface area contributed by atoms with Gasteiger partial charge in [-0.15, -0.1) is 0 Å². The number of ether oxygens (including phenoxy) is 2. The molecular weight excluding hydrogens is 402 g/mol. The summed E-state index contributed by atoms with van der Waals surface area (Å²) >= 11 is 0. The van der Waals surface area contributed by atoms with Gasteiger partial charge >= 0.3 is 5.97 Å². The van der Waals surface area contributed by atoms with Crippen LogP contribution in [0.2, 0.25) is 0 Å². The maximum Gasteiger partial charge on any atom is 0.334 e. The fraction of sp³-hybridized carbons (Fsp3) is 0.192. The number of esters is 1. The monoisotopic (exact) mass is 425 g/mol. The Morgan fingerprint density at radius 3 is 2.56 bits per heavy atom. The Bertz CT molecular complexity index is 1360. The van der Waals surface area contributed by atoms with Crippen LogP contribution in [0.15, 0.2) is 72.8 Å². The van der Waals surface area contributed by atoms with Gasteiger partial charge in [-0.3, -0.25) is 0 Å². The first-order valence-electron chi connectivity index (χ1n) is 10.5. The number of carbonyl (C=O) groups is 1. The molecule has 0 radical (unpaired) electrons. The lowest BCUT2D eigenvalue weighted by atomic mass is 9.82. The van der Waals surface area contributed by atoms with Gasteiger partial charge in [-0.05, 0) is 30.2 Å². The number of pyridine rings is 1. The van der Waals surface area contributed by atoms with Gasteiger partial charge in [0.15, 0.2) is 0 Å². The second-order valence-corrected chi connectivity index (χ2v) is 8.13. The van der Waals surface area contributed by atoms with Crippen LogP contribution in [0, 0.1) is 0 Å². The summed E-state index contributed by atoms with van der Waals surface area (Å²) in [6, 6.07) is 19.6. The van der Waals surface area contributed by atoms with Crippen molar-refractivity contribution in [3.05, 3.63) is 89.6 Å². The molecule has 0 amide bonds. The highest BCUT2D eigenvalue weighted by Crippen LogP contribution is 2.50. The Balaban J connectivity index is 1.82. The molecule has 0 aliphatic carbocycles. The Morgan fingerprint density at radius 1 is 1.12 bits per heavy atom. The Labute approximate surface area is 186 Å². The summed E-state index contributed by atoms with van der Waals surface area (Å²) in [5.74, 6) is 0.140. The fourth-order valence-electron chi connectivity index (χ4n) is 4.23. The molecule has 2 aromatic heterocycles. The van der Waals surface area contributed by atoms with Gasteiger partial charge in [0.25, 0.3) is 0 Å². The molecule has 160 valence electrons. The van der Waals surface area contributed by atoms with Gasteiger partial charge in [0.1, 0.15) is 0 Å². The zero-order chi connectivity index (χ0) is 22.4. The zero-order valence-electron chi connectivity index (χ0n) is 18.2. The molecule has 1 atom stereocenters. The van der Waals surface area contributed by atoms with E-state index in [9.17, 15) is 4.79 Å². The molecule has 0 bridgehead atoms. The highest BCUT2D eigenvalue weighted by atomic mass is 16.5. The zero-order valence-corrected chi connectivity index (χ0v) is 18.2. The summed E-state index contributed by atoms with van der Waals surface area (Å²) in [4.78, 5) is 17.4. The van der Waals surface area contributed by atoms with Crippen molar-refractivity contribution >= 4 is 16.9 Å². The van der Waals surface area contributed by atoms with Crippen LogP contribution >= 0.6 is 0 Å². The minimum atomic E-state index is -0.479. The number of para-hydroxylation sites is 2. The van der Waals surface area contributed by atoms with E-state index in [1.807, 2.05) is 60.7 Å². The summed E-state index contributed by atoms with van der Waals surface area (Å²) in [6.45, 7) is 8.26. The highest BCUT2D eigenvalue weighted by molar-refractivity contribution is 5.92. The van der Waals surface area contributed by atoms with Crippen molar-refractivity contribution in [3.63, 3.8) is 0 Å². The number of hydrogen-bond donors (Lipinski definition) is 0. The summed E-state index contributed by atoms with van der Waals surface area (Å²) in [5.41, 5.74) is 4.45. The van der Waals surface area contributed by atoms with Crippen LogP contribution in [0.3, 0.4) is 0 Å². The van der Waals surface area contributed by atoms with E-state index < -0.39 is 11.9 Å². The van der Waals surface area contributed by atoms with Crippen LogP contribution in [0.4, 0.5) is 0 Å². The molecular formula is C26H23N3O3. The number of rotatable bonds is 4. The number of aromatic nitrogens is 3. The lowest BCUT2D eigenvalue weighted by Crippen LogP contribution is -2.20. The molecule has 0 saturated carbocycles. The summed E-state index contributed by atoms with van der Waals surface area (Å²) in [7, 11) is 1.37. The Kier molecular flexibility index (Phi) is 4.78. The summed E-state index contributed by atoms with van der Waals surface area (Å²) < 4.78 is 13.2. The molecule has 5 rings (SSSR count). The second kappa shape index (κ2) is 7.64. The topological polar surface area (TPSA) is 66.2 Å². The van der Waals surface area contributed by atoms with E-state index in [1.165, 1.54) is 7.11 Å². The second-order valence-electron chi connectivity index (χ2n) is 8.13. The average Bonchev–Trinajstić information content (AvgIpc) is 3.20. The van der Waals surface area contributed by atoms with Crippen molar-refractivity contribution in [2.24, 2.45) is 0 Å². The molecule has 1 aliphatic rings. The lowest BCUT2D eigenvalue weighted by Gasteiger charge is -2.27. The SMILES string of the molecule is C=C(C(=O)OC)[C@H]1c2cc3ccccc3nc2Oc2c1c(C(C)C)nn2-c1ccccc1. The fourth-order valence-corrected chi connectivity index (χ4v) is 4.23. The maximum absolute atomic E-state index is 12.6. The largest absolute Gasteiger partial charge is 0.466 e. The van der Waals surface area contributed by atoms with Crippen molar-refractivity contribution < 1.29 is 14.3 Å². The number of hydrogen-bond acceptors (Lipinski definition) is 5. The molecule has 3 heterocycles. The van der Waals surface area contributed by atoms with Crippen LogP contribution in [-0.4, -0.2) is 27.8 Å². The van der Waals surface area contributed by atoms with Crippen LogP contribution in [0.5, 0.6) is 11.8 Å². The van der Waals surface area contributed by atoms with Gasteiger partial charge in [0.05, 0.1) is 35.5 Å². The third-order valence-electron chi connectivity index (χ3n) is 5.76. The molecule has 32 heavy (non-hydrogen) atoms. The number of methoxy groups -OCH3 is 1. The highest BCUT2D eigenvalue weighted by Gasteiger charge is 2.39. The van der Waals surface area contributed by atoms with Gasteiger partial charge < -0.3 is 9.47 Å². The number of nitrogens with zero attached hydrogens (tertiary/aromatic N) is 3. The van der Waals surface area contributed by atoms with Gasteiger partial charge in [-0.25, -0.2) is 14.5 Å². The quantitative estimate of drug-likeness (QED) is 0.319. The van der Waals surface area contributed by atoms with Crippen LogP contribution in [0.25, 0.3) is 16.6 Å². The van der Waals surface area contributed by atoms with E-state index in [0.717, 1.165) is 33.4 Å². The van der Waals surface area contributed by atoms with E-state index >= 15 is 0 Å². The summed E-state index contributed by atoms with van der Waals surface area (Å²) in [5, 5.41) is 5.86. The maximum atomic E-state index is 12.6. The minimum Gasteiger partial charge on any atom is -0.466 e. The number of fused-ring (bicyclic) bond motifs is 3. The molecule has 6 heteroatoms.